The molecule has 33 heavy (non-hydrogen) atoms. The summed E-state index contributed by atoms with van der Waals surface area (Å²) in [7, 11) is 0. The lowest BCUT2D eigenvalue weighted by molar-refractivity contribution is -0.206. The van der Waals surface area contributed by atoms with Gasteiger partial charge in [-0.2, -0.15) is 0 Å². The van der Waals surface area contributed by atoms with Crippen LogP contribution in [0.2, 0.25) is 0 Å². The van der Waals surface area contributed by atoms with E-state index in [-0.39, 0.29) is 24.0 Å². The van der Waals surface area contributed by atoms with E-state index in [0.29, 0.717) is 25.7 Å². The number of aliphatic hydroxyl groups is 3. The molecule has 182 valence electrons. The standard InChI is InChI=1S/C25H34O8/c1-4-5-19-32-18-10-15-14-7-6-12-8-13(27)9-16(28)23(12,2)20(14)21(30)22(31)24(15,3)25(18,33-19)17(29)11-26/h8,14-16,18-21,26,28,30H,4-7,9-11H2,1-3H3/t14-,15-,16?,18+,19?,20+,21+,23+,24+,25+/m0/s1. The molecule has 8 heteroatoms. The van der Waals surface area contributed by atoms with Gasteiger partial charge in [-0.1, -0.05) is 25.8 Å². The predicted molar refractivity (Wildman–Crippen MR) is 115 cm³/mol. The minimum atomic E-state index is -1.63. The van der Waals surface area contributed by atoms with Crippen molar-refractivity contribution >= 4 is 17.3 Å². The van der Waals surface area contributed by atoms with Gasteiger partial charge in [-0.3, -0.25) is 14.4 Å². The van der Waals surface area contributed by atoms with Crippen molar-refractivity contribution in [1.29, 1.82) is 0 Å². The maximum atomic E-state index is 14.0. The molecule has 10 atom stereocenters. The molecule has 0 amide bonds. The lowest BCUT2D eigenvalue weighted by atomic mass is 9.44. The third-order valence-electron chi connectivity index (χ3n) is 9.80. The van der Waals surface area contributed by atoms with Crippen molar-refractivity contribution in [1.82, 2.24) is 0 Å². The van der Waals surface area contributed by atoms with Crippen LogP contribution in [-0.2, 0) is 23.9 Å². The zero-order chi connectivity index (χ0) is 23.9. The van der Waals surface area contributed by atoms with Gasteiger partial charge in [-0.25, -0.2) is 0 Å². The first-order valence-electron chi connectivity index (χ1n) is 12.2. The monoisotopic (exact) mass is 462 g/mol. The quantitative estimate of drug-likeness (QED) is 0.566. The zero-order valence-electron chi connectivity index (χ0n) is 19.5. The van der Waals surface area contributed by atoms with Gasteiger partial charge in [-0.05, 0) is 50.5 Å². The van der Waals surface area contributed by atoms with Gasteiger partial charge in [0.05, 0.1) is 17.6 Å². The van der Waals surface area contributed by atoms with Crippen molar-refractivity contribution in [2.75, 3.05) is 6.61 Å². The van der Waals surface area contributed by atoms with Crippen molar-refractivity contribution in [3.05, 3.63) is 11.6 Å². The highest BCUT2D eigenvalue weighted by molar-refractivity contribution is 6.02. The fourth-order valence-electron chi connectivity index (χ4n) is 8.23. The van der Waals surface area contributed by atoms with Gasteiger partial charge >= 0.3 is 0 Å². The number of rotatable bonds is 4. The second-order valence-corrected chi connectivity index (χ2v) is 11.0. The average Bonchev–Trinajstić information content (AvgIpc) is 3.25. The van der Waals surface area contributed by atoms with E-state index >= 15 is 0 Å². The predicted octanol–water partition coefficient (Wildman–Crippen LogP) is 1.09. The SMILES string of the molecule is CCCC1O[C@@H]2C[C@H]3[C@@H]4CCC5=CC(=O)CC(O)[C@]5(C)[C@H]4[C@@H](O)C(=O)[C@]3(C)[C@]2(C(=O)CO)O1. The van der Waals surface area contributed by atoms with Gasteiger partial charge in [0.1, 0.15) is 12.7 Å². The number of ether oxygens (including phenoxy) is 2. The zero-order valence-corrected chi connectivity index (χ0v) is 19.5. The van der Waals surface area contributed by atoms with Gasteiger partial charge < -0.3 is 24.8 Å². The molecule has 5 rings (SSSR count). The molecule has 1 aliphatic heterocycles. The van der Waals surface area contributed by atoms with E-state index in [0.717, 1.165) is 12.0 Å². The molecule has 3 saturated carbocycles. The number of hydrogen-bond acceptors (Lipinski definition) is 8. The molecule has 1 saturated heterocycles. The smallest absolute Gasteiger partial charge is 0.193 e. The second-order valence-electron chi connectivity index (χ2n) is 11.0. The van der Waals surface area contributed by atoms with Crippen molar-refractivity contribution in [2.45, 2.75) is 89.5 Å². The maximum absolute atomic E-state index is 14.0. The van der Waals surface area contributed by atoms with E-state index in [2.05, 4.69) is 0 Å². The van der Waals surface area contributed by atoms with Gasteiger partial charge in [0.25, 0.3) is 0 Å². The molecule has 0 bridgehead atoms. The molecule has 5 aliphatic rings. The first-order chi connectivity index (χ1) is 15.6. The molecule has 3 N–H and O–H groups in total. The molecule has 0 spiro atoms. The van der Waals surface area contributed by atoms with Crippen LogP contribution in [0.15, 0.2) is 11.6 Å². The summed E-state index contributed by atoms with van der Waals surface area (Å²) in [5, 5.41) is 32.3. The Labute approximate surface area is 193 Å². The molecule has 0 aromatic carbocycles. The number of ketones is 3. The highest BCUT2D eigenvalue weighted by atomic mass is 16.7. The summed E-state index contributed by atoms with van der Waals surface area (Å²) in [6.45, 7) is 4.74. The lowest BCUT2D eigenvalue weighted by Gasteiger charge is -2.60. The molecule has 0 aromatic rings. The lowest BCUT2D eigenvalue weighted by Crippen LogP contribution is -2.69. The Bertz CT molecular complexity index is 927. The Morgan fingerprint density at radius 1 is 1.24 bits per heavy atom. The number of fused-ring (bicyclic) bond motifs is 7. The highest BCUT2D eigenvalue weighted by Gasteiger charge is 2.79. The minimum Gasteiger partial charge on any atom is -0.392 e. The number of hydrogen-bond donors (Lipinski definition) is 3. The van der Waals surface area contributed by atoms with Crippen molar-refractivity contribution in [3.63, 3.8) is 0 Å². The van der Waals surface area contributed by atoms with Crippen LogP contribution >= 0.6 is 0 Å². The summed E-state index contributed by atoms with van der Waals surface area (Å²) < 4.78 is 12.4. The summed E-state index contributed by atoms with van der Waals surface area (Å²) in [6.07, 6.45) is 0.768. The minimum absolute atomic E-state index is 0.0352. The van der Waals surface area contributed by atoms with Gasteiger partial charge in [0.2, 0.25) is 0 Å². The topological polar surface area (TPSA) is 130 Å². The summed E-state index contributed by atoms with van der Waals surface area (Å²) in [4.78, 5) is 39.4. The number of Topliss-reactive ketones (excluding diaryl/α,β-unsaturated/α-hetero) is 2. The number of carbonyl (C=O) groups excluding carboxylic acids is 3. The summed E-state index contributed by atoms with van der Waals surface area (Å²) in [5.74, 6) is -2.27. The Hall–Kier alpha value is -1.45. The molecule has 8 nitrogen and oxygen atoms in total. The summed E-state index contributed by atoms with van der Waals surface area (Å²) in [5.41, 5.74) is -3.09. The third-order valence-corrected chi connectivity index (χ3v) is 9.80. The fourth-order valence-corrected chi connectivity index (χ4v) is 8.23. The molecule has 0 aromatic heterocycles. The van der Waals surface area contributed by atoms with Gasteiger partial charge in [-0.15, -0.1) is 0 Å². The van der Waals surface area contributed by atoms with Crippen molar-refractivity contribution in [2.24, 2.45) is 28.6 Å². The second kappa shape index (κ2) is 7.52. The van der Waals surface area contributed by atoms with E-state index < -0.39 is 65.1 Å². The molecule has 0 radical (unpaired) electrons. The van der Waals surface area contributed by atoms with E-state index in [9.17, 15) is 29.7 Å². The van der Waals surface area contributed by atoms with Crippen LogP contribution in [-0.4, -0.2) is 69.5 Å². The van der Waals surface area contributed by atoms with E-state index in [1.807, 2.05) is 13.8 Å². The van der Waals surface area contributed by atoms with Crippen LogP contribution in [0.1, 0.15) is 59.3 Å². The molecule has 4 aliphatic carbocycles. The van der Waals surface area contributed by atoms with Crippen molar-refractivity contribution in [3.8, 4) is 0 Å². The first-order valence-corrected chi connectivity index (χ1v) is 12.2. The average molecular weight is 463 g/mol. The van der Waals surface area contributed by atoms with Crippen LogP contribution in [0.25, 0.3) is 0 Å². The molecular weight excluding hydrogens is 428 g/mol. The van der Waals surface area contributed by atoms with Crippen LogP contribution in [0, 0.1) is 28.6 Å². The van der Waals surface area contributed by atoms with Crippen LogP contribution in [0.4, 0.5) is 0 Å². The number of carbonyl (C=O) groups is 3. The molecule has 4 fully saturated rings. The fraction of sp³-hybridized carbons (Fsp3) is 0.800. The third kappa shape index (κ3) is 2.67. The highest BCUT2D eigenvalue weighted by Crippen LogP contribution is 2.69. The Morgan fingerprint density at radius 3 is 2.64 bits per heavy atom. The normalized spacial score (nSPS) is 50.8. The van der Waals surface area contributed by atoms with E-state index in [1.54, 1.807) is 13.0 Å². The van der Waals surface area contributed by atoms with E-state index in [1.165, 1.54) is 0 Å². The Kier molecular flexibility index (Phi) is 5.31. The Balaban J connectivity index is 1.61. The molecule has 1 heterocycles. The molecular formula is C25H34O8. The van der Waals surface area contributed by atoms with Crippen molar-refractivity contribution < 1.29 is 39.2 Å². The van der Waals surface area contributed by atoms with Gasteiger partial charge in [0, 0.05) is 17.8 Å². The van der Waals surface area contributed by atoms with E-state index in [4.69, 9.17) is 9.47 Å². The maximum Gasteiger partial charge on any atom is 0.193 e. The van der Waals surface area contributed by atoms with Crippen LogP contribution in [0.3, 0.4) is 0 Å². The first kappa shape index (κ1) is 23.3. The summed E-state index contributed by atoms with van der Waals surface area (Å²) in [6, 6.07) is 0. The van der Waals surface area contributed by atoms with Crippen LogP contribution < -0.4 is 0 Å². The van der Waals surface area contributed by atoms with Gasteiger partial charge in [0.15, 0.2) is 29.2 Å². The molecule has 2 unspecified atom stereocenters. The number of aliphatic hydroxyl groups excluding tert-OH is 3. The summed E-state index contributed by atoms with van der Waals surface area (Å²) >= 11 is 0. The van der Waals surface area contributed by atoms with Crippen LogP contribution in [0.5, 0.6) is 0 Å². The Morgan fingerprint density at radius 2 is 1.97 bits per heavy atom. The largest absolute Gasteiger partial charge is 0.392 e.